The minimum atomic E-state index is -1.45. The third-order valence-electron chi connectivity index (χ3n) is 1.24. The summed E-state index contributed by atoms with van der Waals surface area (Å²) >= 11 is 16.8. The summed E-state index contributed by atoms with van der Waals surface area (Å²) in [6, 6.07) is 0. The van der Waals surface area contributed by atoms with Crippen LogP contribution in [0.5, 0.6) is 0 Å². The van der Waals surface area contributed by atoms with Gasteiger partial charge in [-0.2, -0.15) is 0 Å². The van der Waals surface area contributed by atoms with E-state index < -0.39 is 3.79 Å². The Hall–Kier alpha value is 0.01000. The first-order chi connectivity index (χ1) is 5.05. The van der Waals surface area contributed by atoms with Gasteiger partial charge in [0.25, 0.3) is 0 Å². The molecule has 0 aliphatic carbocycles. The van der Waals surface area contributed by atoms with E-state index in [1.54, 1.807) is 0 Å². The van der Waals surface area contributed by atoms with Crippen molar-refractivity contribution in [2.24, 2.45) is 0 Å². The van der Waals surface area contributed by atoms with Gasteiger partial charge in [0.15, 0.2) is 0 Å². The van der Waals surface area contributed by atoms with Crippen LogP contribution < -0.4 is 0 Å². The van der Waals surface area contributed by atoms with Crippen molar-refractivity contribution in [2.45, 2.75) is 17.1 Å². The highest BCUT2D eigenvalue weighted by Crippen LogP contribution is 2.37. The van der Waals surface area contributed by atoms with Crippen LogP contribution in [0.25, 0.3) is 0 Å². The highest BCUT2D eigenvalue weighted by atomic mass is 35.6. The highest BCUT2D eigenvalue weighted by molar-refractivity contribution is 6.66. The predicted octanol–water partition coefficient (Wildman–Crippen LogP) is 2.19. The molecule has 1 rings (SSSR count). The molecule has 11 heavy (non-hydrogen) atoms. The first kappa shape index (κ1) is 9.10. The molecule has 0 atom stereocenters. The minimum absolute atomic E-state index is 0.449. The lowest BCUT2D eigenvalue weighted by Crippen LogP contribution is -2.04. The van der Waals surface area contributed by atoms with Crippen molar-refractivity contribution in [3.8, 4) is 0 Å². The van der Waals surface area contributed by atoms with Crippen LogP contribution in [-0.4, -0.2) is 15.4 Å². The summed E-state index contributed by atoms with van der Waals surface area (Å²) in [4.78, 5) is 0. The van der Waals surface area contributed by atoms with Crippen LogP contribution in [0.1, 0.15) is 18.3 Å². The van der Waals surface area contributed by atoms with Gasteiger partial charge >= 0.3 is 0 Å². The van der Waals surface area contributed by atoms with Crippen LogP contribution in [-0.2, 0) is 10.2 Å². The molecule has 0 aliphatic heterocycles. The van der Waals surface area contributed by atoms with Crippen LogP contribution in [0.3, 0.4) is 0 Å². The number of rotatable bonds is 1. The standard InChI is InChI=1S/C5H6Cl3N3/c1-2-3-4(5(6,7)8)10-11-9-3/h2H2,1H3,(H,9,10,11). The summed E-state index contributed by atoms with van der Waals surface area (Å²) in [6.45, 7) is 1.91. The van der Waals surface area contributed by atoms with Crippen molar-refractivity contribution in [3.05, 3.63) is 11.4 Å². The van der Waals surface area contributed by atoms with E-state index in [0.717, 1.165) is 0 Å². The molecular weight excluding hydrogens is 208 g/mol. The van der Waals surface area contributed by atoms with Crippen LogP contribution in [0.4, 0.5) is 0 Å². The monoisotopic (exact) mass is 213 g/mol. The molecule has 0 unspecified atom stereocenters. The quantitative estimate of drug-likeness (QED) is 0.728. The molecule has 0 fully saturated rings. The summed E-state index contributed by atoms with van der Waals surface area (Å²) in [7, 11) is 0. The van der Waals surface area contributed by atoms with Gasteiger partial charge in [-0.1, -0.05) is 46.9 Å². The molecule has 0 bridgehead atoms. The largest absolute Gasteiger partial charge is 0.258 e. The van der Waals surface area contributed by atoms with Gasteiger partial charge < -0.3 is 0 Å². The molecular formula is C5H6Cl3N3. The van der Waals surface area contributed by atoms with Gasteiger partial charge in [0.2, 0.25) is 3.79 Å². The Morgan fingerprint density at radius 3 is 2.45 bits per heavy atom. The third kappa shape index (κ3) is 1.98. The topological polar surface area (TPSA) is 41.6 Å². The Labute approximate surface area is 79.0 Å². The first-order valence-electron chi connectivity index (χ1n) is 3.02. The zero-order valence-corrected chi connectivity index (χ0v) is 8.00. The Morgan fingerprint density at radius 2 is 2.09 bits per heavy atom. The summed E-state index contributed by atoms with van der Waals surface area (Å²) in [5.74, 6) is 0. The van der Waals surface area contributed by atoms with Gasteiger partial charge in [0.05, 0.1) is 5.69 Å². The van der Waals surface area contributed by atoms with E-state index in [1.165, 1.54) is 0 Å². The average molecular weight is 214 g/mol. The maximum atomic E-state index is 5.60. The van der Waals surface area contributed by atoms with Gasteiger partial charge in [0.1, 0.15) is 5.69 Å². The van der Waals surface area contributed by atoms with Crippen molar-refractivity contribution < 1.29 is 0 Å². The molecule has 1 aromatic heterocycles. The molecule has 0 aromatic carbocycles. The number of aromatic amines is 1. The maximum absolute atomic E-state index is 5.60. The lowest BCUT2D eigenvalue weighted by atomic mass is 10.3. The van der Waals surface area contributed by atoms with Gasteiger partial charge in [-0.05, 0) is 6.42 Å². The summed E-state index contributed by atoms with van der Waals surface area (Å²) in [5.41, 5.74) is 1.13. The number of hydrogen-bond acceptors (Lipinski definition) is 2. The number of nitrogens with one attached hydrogen (secondary N) is 1. The van der Waals surface area contributed by atoms with E-state index in [1.807, 2.05) is 6.92 Å². The van der Waals surface area contributed by atoms with Gasteiger partial charge in [0, 0.05) is 0 Å². The SMILES string of the molecule is CCc1nn[nH]c1C(Cl)(Cl)Cl. The lowest BCUT2D eigenvalue weighted by Gasteiger charge is -2.07. The van der Waals surface area contributed by atoms with Gasteiger partial charge in [-0.3, -0.25) is 5.10 Å². The van der Waals surface area contributed by atoms with Crippen LogP contribution in [0.2, 0.25) is 0 Å². The molecule has 0 aliphatic rings. The number of halogens is 3. The Kier molecular flexibility index (Phi) is 2.62. The van der Waals surface area contributed by atoms with Gasteiger partial charge in [-0.15, -0.1) is 5.10 Å². The van der Waals surface area contributed by atoms with Crippen LogP contribution >= 0.6 is 34.8 Å². The molecule has 0 spiro atoms. The van der Waals surface area contributed by atoms with Crippen LogP contribution in [0.15, 0.2) is 0 Å². The third-order valence-corrected chi connectivity index (χ3v) is 1.81. The van der Waals surface area contributed by atoms with E-state index in [0.29, 0.717) is 17.8 Å². The van der Waals surface area contributed by atoms with Crippen molar-refractivity contribution in [3.63, 3.8) is 0 Å². The fourth-order valence-corrected chi connectivity index (χ4v) is 1.18. The number of aromatic nitrogens is 3. The van der Waals surface area contributed by atoms with Crippen molar-refractivity contribution in [1.82, 2.24) is 15.4 Å². The second-order valence-electron chi connectivity index (χ2n) is 1.98. The molecule has 1 aromatic rings. The minimum Gasteiger partial charge on any atom is -0.258 e. The molecule has 0 saturated heterocycles. The molecule has 3 nitrogen and oxygen atoms in total. The Bertz CT molecular complexity index is 239. The fourth-order valence-electron chi connectivity index (χ4n) is 0.724. The number of aryl methyl sites for hydroxylation is 1. The highest BCUT2D eigenvalue weighted by Gasteiger charge is 2.28. The zero-order chi connectivity index (χ0) is 8.48. The van der Waals surface area contributed by atoms with E-state index in [9.17, 15) is 0 Å². The zero-order valence-electron chi connectivity index (χ0n) is 5.74. The van der Waals surface area contributed by atoms with Crippen LogP contribution in [0, 0.1) is 0 Å². The number of nitrogens with zero attached hydrogens (tertiary/aromatic N) is 2. The molecule has 6 heteroatoms. The van der Waals surface area contributed by atoms with Crippen molar-refractivity contribution >= 4 is 34.8 Å². The Morgan fingerprint density at radius 1 is 1.45 bits per heavy atom. The normalized spacial score (nSPS) is 12.0. The van der Waals surface area contributed by atoms with E-state index in [-0.39, 0.29) is 0 Å². The number of H-pyrrole nitrogens is 1. The number of alkyl halides is 3. The second kappa shape index (κ2) is 3.17. The second-order valence-corrected chi connectivity index (χ2v) is 4.27. The summed E-state index contributed by atoms with van der Waals surface area (Å²) < 4.78 is -1.45. The Balaban J connectivity index is 3.02. The van der Waals surface area contributed by atoms with E-state index in [2.05, 4.69) is 15.4 Å². The number of hydrogen-bond donors (Lipinski definition) is 1. The summed E-state index contributed by atoms with van der Waals surface area (Å²) in [6.07, 6.45) is 0.694. The van der Waals surface area contributed by atoms with Crippen molar-refractivity contribution in [1.29, 1.82) is 0 Å². The summed E-state index contributed by atoms with van der Waals surface area (Å²) in [5, 5.41) is 9.81. The fraction of sp³-hybridized carbons (Fsp3) is 0.600. The maximum Gasteiger partial charge on any atom is 0.233 e. The smallest absolute Gasteiger partial charge is 0.233 e. The predicted molar refractivity (Wildman–Crippen MR) is 45.0 cm³/mol. The molecule has 1 heterocycles. The lowest BCUT2D eigenvalue weighted by molar-refractivity contribution is 0.902. The molecule has 0 saturated carbocycles. The van der Waals surface area contributed by atoms with E-state index >= 15 is 0 Å². The first-order valence-corrected chi connectivity index (χ1v) is 4.16. The molecule has 0 radical (unpaired) electrons. The molecule has 62 valence electrons. The molecule has 1 N–H and O–H groups in total. The molecule has 0 amide bonds. The van der Waals surface area contributed by atoms with Crippen molar-refractivity contribution in [2.75, 3.05) is 0 Å². The van der Waals surface area contributed by atoms with Gasteiger partial charge in [-0.25, -0.2) is 0 Å². The average Bonchev–Trinajstić information content (AvgIpc) is 2.31. The van der Waals surface area contributed by atoms with E-state index in [4.69, 9.17) is 34.8 Å².